The molecule has 2 aromatic rings. The summed E-state index contributed by atoms with van der Waals surface area (Å²) < 4.78 is 5.78. The summed E-state index contributed by atoms with van der Waals surface area (Å²) in [6.45, 7) is 1.50. The van der Waals surface area contributed by atoms with Crippen molar-refractivity contribution in [3.63, 3.8) is 0 Å². The Morgan fingerprint density at radius 3 is 2.68 bits per heavy atom. The predicted octanol–water partition coefficient (Wildman–Crippen LogP) is 4.21. The molecule has 0 heterocycles. The standard InChI is InChI=1S/C16H13BrClNO3/c1-10-3-2-4-11(7-10)16(21)22-9-15(20)19-14-6-5-12(17)8-13(14)18/h2-8H,9H2,1H3,(H,19,20). The maximum atomic E-state index is 11.8. The second kappa shape index (κ2) is 7.42. The molecule has 0 fully saturated rings. The fourth-order valence-electron chi connectivity index (χ4n) is 1.76. The van der Waals surface area contributed by atoms with Gasteiger partial charge in [-0.2, -0.15) is 0 Å². The van der Waals surface area contributed by atoms with Gasteiger partial charge in [-0.1, -0.05) is 45.2 Å². The summed E-state index contributed by atoms with van der Waals surface area (Å²) >= 11 is 9.27. The third kappa shape index (κ3) is 4.58. The van der Waals surface area contributed by atoms with Gasteiger partial charge in [0.1, 0.15) is 0 Å². The van der Waals surface area contributed by atoms with E-state index in [4.69, 9.17) is 16.3 Å². The first kappa shape index (κ1) is 16.5. The van der Waals surface area contributed by atoms with E-state index >= 15 is 0 Å². The van der Waals surface area contributed by atoms with Crippen LogP contribution in [0.4, 0.5) is 5.69 Å². The van der Waals surface area contributed by atoms with Gasteiger partial charge >= 0.3 is 5.97 Å². The van der Waals surface area contributed by atoms with Crippen LogP contribution in [0.3, 0.4) is 0 Å². The molecule has 114 valence electrons. The van der Waals surface area contributed by atoms with Crippen LogP contribution in [0.15, 0.2) is 46.9 Å². The Kier molecular flexibility index (Phi) is 5.57. The van der Waals surface area contributed by atoms with Crippen molar-refractivity contribution in [1.29, 1.82) is 0 Å². The number of amides is 1. The molecule has 0 bridgehead atoms. The van der Waals surface area contributed by atoms with Crippen molar-refractivity contribution >= 4 is 45.1 Å². The number of rotatable bonds is 4. The number of halogens is 2. The number of nitrogens with one attached hydrogen (secondary N) is 1. The minimum Gasteiger partial charge on any atom is -0.452 e. The monoisotopic (exact) mass is 381 g/mol. The number of hydrogen-bond acceptors (Lipinski definition) is 3. The normalized spacial score (nSPS) is 10.1. The highest BCUT2D eigenvalue weighted by molar-refractivity contribution is 9.10. The summed E-state index contributed by atoms with van der Waals surface area (Å²) in [6.07, 6.45) is 0. The number of anilines is 1. The van der Waals surface area contributed by atoms with Gasteiger partial charge in [0.05, 0.1) is 16.3 Å². The van der Waals surface area contributed by atoms with Crippen LogP contribution in [0.2, 0.25) is 5.02 Å². The maximum Gasteiger partial charge on any atom is 0.338 e. The van der Waals surface area contributed by atoms with Crippen molar-refractivity contribution in [1.82, 2.24) is 0 Å². The first-order valence-electron chi connectivity index (χ1n) is 6.44. The van der Waals surface area contributed by atoms with Gasteiger partial charge in [0.2, 0.25) is 0 Å². The zero-order valence-corrected chi connectivity index (χ0v) is 14.1. The second-order valence-corrected chi connectivity index (χ2v) is 5.94. The van der Waals surface area contributed by atoms with Gasteiger partial charge in [0.15, 0.2) is 6.61 Å². The van der Waals surface area contributed by atoms with Crippen LogP contribution >= 0.6 is 27.5 Å². The van der Waals surface area contributed by atoms with E-state index in [-0.39, 0.29) is 6.61 Å². The van der Waals surface area contributed by atoms with Gasteiger partial charge in [-0.3, -0.25) is 4.79 Å². The summed E-state index contributed by atoms with van der Waals surface area (Å²) in [6, 6.07) is 12.0. The third-order valence-corrected chi connectivity index (χ3v) is 3.60. The number of esters is 1. The van der Waals surface area contributed by atoms with Crippen molar-refractivity contribution in [3.8, 4) is 0 Å². The topological polar surface area (TPSA) is 55.4 Å². The molecule has 0 radical (unpaired) electrons. The lowest BCUT2D eigenvalue weighted by molar-refractivity contribution is -0.119. The molecule has 1 N–H and O–H groups in total. The molecule has 0 aliphatic carbocycles. The van der Waals surface area contributed by atoms with Gasteiger partial charge in [-0.05, 0) is 37.3 Å². The molecule has 0 saturated heterocycles. The first-order chi connectivity index (χ1) is 10.5. The SMILES string of the molecule is Cc1cccc(C(=O)OCC(=O)Nc2ccc(Br)cc2Cl)c1. The Morgan fingerprint density at radius 2 is 2.00 bits per heavy atom. The maximum absolute atomic E-state index is 11.8. The largest absolute Gasteiger partial charge is 0.452 e. The van der Waals surface area contributed by atoms with Crippen molar-refractivity contribution in [2.24, 2.45) is 0 Å². The Morgan fingerprint density at radius 1 is 1.23 bits per heavy atom. The molecule has 2 aromatic carbocycles. The fraction of sp³-hybridized carbons (Fsp3) is 0.125. The van der Waals surface area contributed by atoms with E-state index in [9.17, 15) is 9.59 Å². The average molecular weight is 383 g/mol. The Balaban J connectivity index is 1.91. The lowest BCUT2D eigenvalue weighted by Crippen LogP contribution is -2.21. The van der Waals surface area contributed by atoms with Crippen LogP contribution < -0.4 is 5.32 Å². The molecule has 6 heteroatoms. The average Bonchev–Trinajstić information content (AvgIpc) is 2.47. The summed E-state index contributed by atoms with van der Waals surface area (Å²) in [5.74, 6) is -0.994. The van der Waals surface area contributed by atoms with E-state index in [2.05, 4.69) is 21.2 Å². The Bertz CT molecular complexity index is 718. The smallest absolute Gasteiger partial charge is 0.338 e. The lowest BCUT2D eigenvalue weighted by atomic mass is 10.1. The number of ether oxygens (including phenoxy) is 1. The fourth-order valence-corrected chi connectivity index (χ4v) is 2.48. The zero-order valence-electron chi connectivity index (χ0n) is 11.7. The van der Waals surface area contributed by atoms with E-state index in [0.717, 1.165) is 10.0 Å². The van der Waals surface area contributed by atoms with E-state index in [0.29, 0.717) is 16.3 Å². The number of benzene rings is 2. The number of carbonyl (C=O) groups is 2. The van der Waals surface area contributed by atoms with Gasteiger partial charge < -0.3 is 10.1 Å². The van der Waals surface area contributed by atoms with Crippen LogP contribution in [0.5, 0.6) is 0 Å². The number of hydrogen-bond donors (Lipinski definition) is 1. The van der Waals surface area contributed by atoms with E-state index in [1.807, 2.05) is 13.0 Å². The minimum absolute atomic E-state index is 0.376. The van der Waals surface area contributed by atoms with Crippen molar-refractivity contribution in [2.75, 3.05) is 11.9 Å². The van der Waals surface area contributed by atoms with Crippen LogP contribution in [0.25, 0.3) is 0 Å². The molecule has 0 aromatic heterocycles. The predicted molar refractivity (Wildman–Crippen MR) is 89.2 cm³/mol. The van der Waals surface area contributed by atoms with Gasteiger partial charge in [0.25, 0.3) is 5.91 Å². The third-order valence-electron chi connectivity index (χ3n) is 2.79. The molecule has 2 rings (SSSR count). The van der Waals surface area contributed by atoms with Crippen LogP contribution in [0, 0.1) is 6.92 Å². The van der Waals surface area contributed by atoms with Crippen molar-refractivity contribution in [2.45, 2.75) is 6.92 Å². The molecule has 0 aliphatic heterocycles. The summed E-state index contributed by atoms with van der Waals surface area (Å²) in [5, 5.41) is 2.98. The summed E-state index contributed by atoms with van der Waals surface area (Å²) in [7, 11) is 0. The van der Waals surface area contributed by atoms with Crippen molar-refractivity contribution in [3.05, 3.63) is 63.1 Å². The lowest BCUT2D eigenvalue weighted by Gasteiger charge is -2.08. The molecule has 22 heavy (non-hydrogen) atoms. The van der Waals surface area contributed by atoms with Crippen LogP contribution in [-0.2, 0) is 9.53 Å². The van der Waals surface area contributed by atoms with Crippen molar-refractivity contribution < 1.29 is 14.3 Å². The molecular formula is C16H13BrClNO3. The number of aryl methyl sites for hydroxylation is 1. The Hall–Kier alpha value is -1.85. The van der Waals surface area contributed by atoms with Gasteiger partial charge in [0, 0.05) is 4.47 Å². The van der Waals surface area contributed by atoms with E-state index < -0.39 is 11.9 Å². The molecular weight excluding hydrogens is 370 g/mol. The summed E-state index contributed by atoms with van der Waals surface area (Å²) in [5.41, 5.74) is 1.82. The Labute approximate surface area is 141 Å². The van der Waals surface area contributed by atoms with Gasteiger partial charge in [-0.25, -0.2) is 4.79 Å². The molecule has 0 spiro atoms. The highest BCUT2D eigenvalue weighted by Gasteiger charge is 2.11. The van der Waals surface area contributed by atoms with Crippen LogP contribution in [-0.4, -0.2) is 18.5 Å². The molecule has 4 nitrogen and oxygen atoms in total. The quantitative estimate of drug-likeness (QED) is 0.806. The molecule has 0 atom stereocenters. The number of carbonyl (C=O) groups excluding carboxylic acids is 2. The second-order valence-electron chi connectivity index (χ2n) is 4.62. The first-order valence-corrected chi connectivity index (χ1v) is 7.61. The molecule has 0 unspecified atom stereocenters. The van der Waals surface area contributed by atoms with Crippen LogP contribution in [0.1, 0.15) is 15.9 Å². The van der Waals surface area contributed by atoms with E-state index in [1.165, 1.54) is 0 Å². The minimum atomic E-state index is -0.541. The molecule has 0 aliphatic rings. The highest BCUT2D eigenvalue weighted by Crippen LogP contribution is 2.25. The molecule has 0 saturated carbocycles. The summed E-state index contributed by atoms with van der Waals surface area (Å²) in [4.78, 5) is 23.6. The van der Waals surface area contributed by atoms with E-state index in [1.54, 1.807) is 36.4 Å². The zero-order chi connectivity index (χ0) is 16.1. The molecule has 1 amide bonds. The highest BCUT2D eigenvalue weighted by atomic mass is 79.9. The van der Waals surface area contributed by atoms with Gasteiger partial charge in [-0.15, -0.1) is 0 Å².